The summed E-state index contributed by atoms with van der Waals surface area (Å²) < 4.78 is 4.35. The van der Waals surface area contributed by atoms with E-state index in [0.717, 1.165) is 37.6 Å². The van der Waals surface area contributed by atoms with Crippen molar-refractivity contribution in [2.75, 3.05) is 43.0 Å². The van der Waals surface area contributed by atoms with Crippen LogP contribution in [0, 0.1) is 0 Å². The van der Waals surface area contributed by atoms with Crippen molar-refractivity contribution in [1.82, 2.24) is 24.6 Å². The summed E-state index contributed by atoms with van der Waals surface area (Å²) in [4.78, 5) is 9.81. The number of nitrogens with one attached hydrogen (secondary N) is 1. The van der Waals surface area contributed by atoms with Gasteiger partial charge in [0.1, 0.15) is 5.82 Å². The Bertz CT molecular complexity index is 1240. The lowest BCUT2D eigenvalue weighted by atomic mass is 9.86. The van der Waals surface area contributed by atoms with Crippen molar-refractivity contribution in [2.45, 2.75) is 24.9 Å². The molecule has 1 aliphatic carbocycles. The van der Waals surface area contributed by atoms with Gasteiger partial charge in [0.2, 0.25) is 0 Å². The standard InChI is InChI=1S/C26H31N7/c1-27-20-12-22(13-20)33-18-24(19-15-29-30(2)17-19)23-16-28-26(14-25(23)33)32-10-8-31(9-11-32)21-6-4-3-5-7-21/h3-7,14-18,20,22,27H,8-13H2,1-2H3. The molecule has 4 heterocycles. The third-order valence-corrected chi connectivity index (χ3v) is 7.36. The summed E-state index contributed by atoms with van der Waals surface area (Å²) in [6.07, 6.45) is 10.8. The van der Waals surface area contributed by atoms with Gasteiger partial charge in [0.25, 0.3) is 0 Å². The van der Waals surface area contributed by atoms with Crippen LogP contribution in [0.5, 0.6) is 0 Å². The number of hydrogen-bond acceptors (Lipinski definition) is 5. The van der Waals surface area contributed by atoms with E-state index < -0.39 is 0 Å². The lowest BCUT2D eigenvalue weighted by Crippen LogP contribution is -2.46. The highest BCUT2D eigenvalue weighted by atomic mass is 15.3. The summed E-state index contributed by atoms with van der Waals surface area (Å²) in [5, 5.41) is 9.03. The van der Waals surface area contributed by atoms with Crippen molar-refractivity contribution in [1.29, 1.82) is 0 Å². The number of benzene rings is 1. The third-order valence-electron chi connectivity index (χ3n) is 7.36. The van der Waals surface area contributed by atoms with Crippen LogP contribution in [0.2, 0.25) is 0 Å². The Labute approximate surface area is 194 Å². The van der Waals surface area contributed by atoms with Crippen LogP contribution in [-0.2, 0) is 7.05 Å². The Morgan fingerprint density at radius 2 is 1.70 bits per heavy atom. The molecule has 1 N–H and O–H groups in total. The molecule has 1 aromatic carbocycles. The fourth-order valence-electron chi connectivity index (χ4n) is 5.28. The van der Waals surface area contributed by atoms with Gasteiger partial charge in [-0.2, -0.15) is 5.10 Å². The van der Waals surface area contributed by atoms with E-state index in [1.165, 1.54) is 35.0 Å². The number of piperazine rings is 1. The van der Waals surface area contributed by atoms with Gasteiger partial charge in [0.15, 0.2) is 0 Å². The molecule has 1 saturated carbocycles. The van der Waals surface area contributed by atoms with Gasteiger partial charge in [-0.3, -0.25) is 4.68 Å². The van der Waals surface area contributed by atoms with E-state index in [1.54, 1.807) is 0 Å². The van der Waals surface area contributed by atoms with Crippen molar-refractivity contribution in [3.8, 4) is 11.1 Å². The average molecular weight is 442 g/mol. The van der Waals surface area contributed by atoms with Crippen molar-refractivity contribution < 1.29 is 0 Å². The largest absolute Gasteiger partial charge is 0.368 e. The summed E-state index contributed by atoms with van der Waals surface area (Å²) in [5.74, 6) is 1.08. The fraction of sp³-hybridized carbons (Fsp3) is 0.385. The minimum Gasteiger partial charge on any atom is -0.368 e. The maximum atomic E-state index is 4.92. The van der Waals surface area contributed by atoms with E-state index in [0.29, 0.717) is 12.1 Å². The molecule has 7 heteroatoms. The van der Waals surface area contributed by atoms with Crippen LogP contribution in [0.1, 0.15) is 18.9 Å². The Hall–Kier alpha value is -3.32. The van der Waals surface area contributed by atoms with Crippen molar-refractivity contribution in [3.63, 3.8) is 0 Å². The minimum atomic E-state index is 0.528. The van der Waals surface area contributed by atoms with Crippen molar-refractivity contribution in [3.05, 3.63) is 61.2 Å². The van der Waals surface area contributed by atoms with E-state index in [1.807, 2.05) is 17.9 Å². The Morgan fingerprint density at radius 1 is 0.939 bits per heavy atom. The normalized spacial score (nSPS) is 20.9. The van der Waals surface area contributed by atoms with Gasteiger partial charge < -0.3 is 19.7 Å². The van der Waals surface area contributed by atoms with Crippen LogP contribution in [-0.4, -0.2) is 58.6 Å². The number of para-hydroxylation sites is 1. The number of rotatable bonds is 5. The molecule has 0 spiro atoms. The first-order valence-electron chi connectivity index (χ1n) is 11.9. The molecule has 2 fully saturated rings. The molecule has 0 atom stereocenters. The summed E-state index contributed by atoms with van der Waals surface area (Å²) >= 11 is 0. The highest BCUT2D eigenvalue weighted by Gasteiger charge is 2.31. The zero-order valence-electron chi connectivity index (χ0n) is 19.4. The maximum Gasteiger partial charge on any atom is 0.130 e. The molecule has 170 valence electrons. The van der Waals surface area contributed by atoms with Gasteiger partial charge in [-0.05, 0) is 32.0 Å². The predicted molar refractivity (Wildman–Crippen MR) is 134 cm³/mol. The first kappa shape index (κ1) is 20.3. The molecule has 6 rings (SSSR count). The number of pyridine rings is 1. The maximum absolute atomic E-state index is 4.92. The zero-order valence-corrected chi connectivity index (χ0v) is 19.4. The molecule has 33 heavy (non-hydrogen) atoms. The van der Waals surface area contributed by atoms with Gasteiger partial charge in [0, 0.05) is 92.2 Å². The summed E-state index contributed by atoms with van der Waals surface area (Å²) in [6.45, 7) is 3.99. The van der Waals surface area contributed by atoms with E-state index in [9.17, 15) is 0 Å². The molecule has 1 aliphatic heterocycles. The Kier molecular flexibility index (Phi) is 5.06. The molecule has 0 amide bonds. The SMILES string of the molecule is CNC1CC(n2cc(-c3cnn(C)c3)c3cnc(N4CCN(c5ccccc5)CC4)cc32)C1. The summed E-state index contributed by atoms with van der Waals surface area (Å²) in [6, 6.07) is 14.2. The molecule has 0 radical (unpaired) electrons. The second-order valence-corrected chi connectivity index (χ2v) is 9.33. The van der Waals surface area contributed by atoms with Crippen LogP contribution in [0.25, 0.3) is 22.0 Å². The van der Waals surface area contributed by atoms with Crippen LogP contribution < -0.4 is 15.1 Å². The second-order valence-electron chi connectivity index (χ2n) is 9.33. The van der Waals surface area contributed by atoms with Gasteiger partial charge in [0.05, 0.1) is 11.7 Å². The molecule has 1 saturated heterocycles. The highest BCUT2D eigenvalue weighted by Crippen LogP contribution is 2.40. The number of aryl methyl sites for hydroxylation is 1. The number of anilines is 2. The topological polar surface area (TPSA) is 54.2 Å². The molecule has 3 aromatic heterocycles. The first-order chi connectivity index (χ1) is 16.2. The van der Waals surface area contributed by atoms with E-state index >= 15 is 0 Å². The molecule has 4 aromatic rings. The van der Waals surface area contributed by atoms with Gasteiger partial charge in [-0.1, -0.05) is 18.2 Å². The van der Waals surface area contributed by atoms with Gasteiger partial charge in [-0.15, -0.1) is 0 Å². The molecule has 0 unspecified atom stereocenters. The Balaban J connectivity index is 1.31. The van der Waals surface area contributed by atoms with E-state index in [-0.39, 0.29) is 0 Å². The number of aromatic nitrogens is 4. The molecule has 2 aliphatic rings. The molecular weight excluding hydrogens is 410 g/mol. The van der Waals surface area contributed by atoms with Crippen LogP contribution in [0.15, 0.2) is 61.2 Å². The number of nitrogens with zero attached hydrogens (tertiary/aromatic N) is 6. The van der Waals surface area contributed by atoms with Crippen LogP contribution in [0.4, 0.5) is 11.5 Å². The van der Waals surface area contributed by atoms with Crippen LogP contribution >= 0.6 is 0 Å². The lowest BCUT2D eigenvalue weighted by Gasteiger charge is -2.37. The average Bonchev–Trinajstić information content (AvgIpc) is 3.42. The minimum absolute atomic E-state index is 0.528. The highest BCUT2D eigenvalue weighted by molar-refractivity contribution is 5.96. The number of fused-ring (bicyclic) bond motifs is 1. The lowest BCUT2D eigenvalue weighted by molar-refractivity contribution is 0.241. The van der Waals surface area contributed by atoms with Gasteiger partial charge >= 0.3 is 0 Å². The number of hydrogen-bond donors (Lipinski definition) is 1. The van der Waals surface area contributed by atoms with E-state index in [2.05, 4.69) is 86.8 Å². The second kappa shape index (κ2) is 8.23. The van der Waals surface area contributed by atoms with Crippen molar-refractivity contribution >= 4 is 22.4 Å². The summed E-state index contributed by atoms with van der Waals surface area (Å²) in [5.41, 5.74) is 4.96. The van der Waals surface area contributed by atoms with Gasteiger partial charge in [-0.25, -0.2) is 4.98 Å². The van der Waals surface area contributed by atoms with E-state index in [4.69, 9.17) is 4.98 Å². The monoisotopic (exact) mass is 441 g/mol. The molecule has 7 nitrogen and oxygen atoms in total. The summed E-state index contributed by atoms with van der Waals surface area (Å²) in [7, 11) is 4.03. The first-order valence-corrected chi connectivity index (χ1v) is 11.9. The zero-order chi connectivity index (χ0) is 22.4. The molecule has 0 bridgehead atoms. The Morgan fingerprint density at radius 3 is 2.39 bits per heavy atom. The quantitative estimate of drug-likeness (QED) is 0.512. The molecular formula is C26H31N7. The predicted octanol–water partition coefficient (Wildman–Crippen LogP) is 3.69. The third kappa shape index (κ3) is 3.66. The fourth-order valence-corrected chi connectivity index (χ4v) is 5.28. The smallest absolute Gasteiger partial charge is 0.130 e. The van der Waals surface area contributed by atoms with Crippen molar-refractivity contribution in [2.24, 2.45) is 7.05 Å². The van der Waals surface area contributed by atoms with Crippen LogP contribution in [0.3, 0.4) is 0 Å².